The SMILES string of the molecule is C=C(CN1CCCCC1)c1ccc2c(c1)CCC[C@H]2NC(=O)C[C@@H](NS(=O)(=O)c1ccc(Cl)c(Cl)c1)c1ccccc1. The summed E-state index contributed by atoms with van der Waals surface area (Å²) in [6, 6.07) is 18.8. The van der Waals surface area contributed by atoms with E-state index in [0.717, 1.165) is 55.6 Å². The highest BCUT2D eigenvalue weighted by molar-refractivity contribution is 7.89. The lowest BCUT2D eigenvalue weighted by Crippen LogP contribution is -2.36. The minimum atomic E-state index is -3.98. The molecule has 1 aliphatic heterocycles. The molecule has 0 spiro atoms. The molecule has 6 nitrogen and oxygen atoms in total. The molecule has 5 rings (SSSR count). The molecule has 3 aromatic rings. The molecule has 2 atom stereocenters. The summed E-state index contributed by atoms with van der Waals surface area (Å²) < 4.78 is 29.3. The van der Waals surface area contributed by atoms with Crippen LogP contribution in [0.25, 0.3) is 5.57 Å². The van der Waals surface area contributed by atoms with Crippen molar-refractivity contribution in [2.45, 2.75) is 61.9 Å². The number of likely N-dealkylation sites (tertiary alicyclic amines) is 1. The highest BCUT2D eigenvalue weighted by atomic mass is 35.5. The Labute approximate surface area is 259 Å². The van der Waals surface area contributed by atoms with E-state index in [1.807, 2.05) is 30.3 Å². The molecule has 9 heteroatoms. The van der Waals surface area contributed by atoms with E-state index in [2.05, 4.69) is 39.7 Å². The number of fused-ring (bicyclic) bond motifs is 1. The van der Waals surface area contributed by atoms with Gasteiger partial charge in [0.1, 0.15) is 0 Å². The van der Waals surface area contributed by atoms with Crippen LogP contribution in [0.1, 0.15) is 72.9 Å². The van der Waals surface area contributed by atoms with Crippen molar-refractivity contribution in [2.75, 3.05) is 19.6 Å². The summed E-state index contributed by atoms with van der Waals surface area (Å²) in [6.45, 7) is 7.52. The van der Waals surface area contributed by atoms with Crippen molar-refractivity contribution in [3.05, 3.63) is 106 Å². The van der Waals surface area contributed by atoms with Gasteiger partial charge in [0.2, 0.25) is 15.9 Å². The Morgan fingerprint density at radius 3 is 2.45 bits per heavy atom. The quantitative estimate of drug-likeness (QED) is 0.252. The number of nitrogens with one attached hydrogen (secondary N) is 2. The fraction of sp³-hybridized carbons (Fsp3) is 0.364. The summed E-state index contributed by atoms with van der Waals surface area (Å²) in [6.07, 6.45) is 6.51. The predicted octanol–water partition coefficient (Wildman–Crippen LogP) is 7.10. The lowest BCUT2D eigenvalue weighted by Gasteiger charge is -2.29. The number of nitrogens with zero attached hydrogens (tertiary/aromatic N) is 1. The predicted molar refractivity (Wildman–Crippen MR) is 170 cm³/mol. The smallest absolute Gasteiger partial charge is 0.241 e. The molecule has 222 valence electrons. The van der Waals surface area contributed by atoms with Crippen LogP contribution in [0.3, 0.4) is 0 Å². The monoisotopic (exact) mass is 625 g/mol. The molecule has 1 heterocycles. The van der Waals surface area contributed by atoms with Crippen LogP contribution in [0.2, 0.25) is 10.0 Å². The summed E-state index contributed by atoms with van der Waals surface area (Å²) in [5.41, 5.74) is 5.34. The highest BCUT2D eigenvalue weighted by Gasteiger charge is 2.27. The maximum absolute atomic E-state index is 13.4. The van der Waals surface area contributed by atoms with Crippen LogP contribution < -0.4 is 10.0 Å². The second-order valence-electron chi connectivity index (χ2n) is 11.2. The number of amides is 1. The molecular formula is C33H37Cl2N3O3S. The van der Waals surface area contributed by atoms with Gasteiger partial charge < -0.3 is 5.32 Å². The third kappa shape index (κ3) is 7.63. The molecule has 0 bridgehead atoms. The number of carbonyl (C=O) groups is 1. The van der Waals surface area contributed by atoms with Crippen LogP contribution in [-0.4, -0.2) is 38.9 Å². The zero-order valence-corrected chi connectivity index (χ0v) is 25.9. The normalized spacial score (nSPS) is 18.2. The van der Waals surface area contributed by atoms with Gasteiger partial charge in [-0.05, 0) is 91.2 Å². The average molecular weight is 627 g/mol. The fourth-order valence-corrected chi connectivity index (χ4v) is 7.53. The van der Waals surface area contributed by atoms with Gasteiger partial charge in [-0.25, -0.2) is 13.1 Å². The number of halogens is 2. The molecule has 3 aromatic carbocycles. The summed E-state index contributed by atoms with van der Waals surface area (Å²) in [5, 5.41) is 3.59. The molecule has 42 heavy (non-hydrogen) atoms. The molecule has 1 amide bonds. The molecule has 2 N–H and O–H groups in total. The maximum atomic E-state index is 13.4. The van der Waals surface area contributed by atoms with Crippen molar-refractivity contribution in [2.24, 2.45) is 0 Å². The Hall–Kier alpha value is -2.68. The van der Waals surface area contributed by atoms with Crippen LogP contribution in [0.5, 0.6) is 0 Å². The minimum Gasteiger partial charge on any atom is -0.349 e. The standard InChI is InChI=1S/C33H37Cl2N3O3S/c1-23(22-38-17-6-3-7-18-38)25-13-15-28-26(19-25)11-8-12-31(28)36-33(39)21-32(24-9-4-2-5-10-24)37-42(40,41)27-14-16-29(34)30(35)20-27/h2,4-5,9-10,13-16,19-20,31-32,37H,1,3,6-8,11-12,17-18,21-22H2,(H,36,39)/t31-,32-/m1/s1. The van der Waals surface area contributed by atoms with Gasteiger partial charge in [-0.2, -0.15) is 0 Å². The molecule has 1 fully saturated rings. The average Bonchev–Trinajstić information content (AvgIpc) is 2.99. The maximum Gasteiger partial charge on any atom is 0.241 e. The Balaban J connectivity index is 1.29. The van der Waals surface area contributed by atoms with Crippen molar-refractivity contribution >= 4 is 44.7 Å². The van der Waals surface area contributed by atoms with Gasteiger partial charge in [0.05, 0.1) is 27.0 Å². The van der Waals surface area contributed by atoms with E-state index in [9.17, 15) is 13.2 Å². The van der Waals surface area contributed by atoms with Gasteiger partial charge >= 0.3 is 0 Å². The van der Waals surface area contributed by atoms with E-state index in [1.165, 1.54) is 43.0 Å². The van der Waals surface area contributed by atoms with Crippen LogP contribution >= 0.6 is 23.2 Å². The second-order valence-corrected chi connectivity index (χ2v) is 13.8. The van der Waals surface area contributed by atoms with E-state index in [4.69, 9.17) is 23.2 Å². The molecule has 0 unspecified atom stereocenters. The first-order valence-electron chi connectivity index (χ1n) is 14.5. The zero-order chi connectivity index (χ0) is 29.7. The van der Waals surface area contributed by atoms with Crippen LogP contribution in [0.4, 0.5) is 0 Å². The van der Waals surface area contributed by atoms with E-state index in [0.29, 0.717) is 5.56 Å². The van der Waals surface area contributed by atoms with Crippen LogP contribution in [-0.2, 0) is 21.2 Å². The van der Waals surface area contributed by atoms with Gasteiger partial charge in [-0.3, -0.25) is 9.69 Å². The second kappa shape index (κ2) is 13.7. The zero-order valence-electron chi connectivity index (χ0n) is 23.6. The Kier molecular flexibility index (Phi) is 10.1. The van der Waals surface area contributed by atoms with Crippen LogP contribution in [0, 0.1) is 0 Å². The third-order valence-electron chi connectivity index (χ3n) is 8.15. The molecule has 0 saturated carbocycles. The first-order chi connectivity index (χ1) is 20.2. The summed E-state index contributed by atoms with van der Waals surface area (Å²) in [4.78, 5) is 15.9. The number of carbonyl (C=O) groups excluding carboxylic acids is 1. The Morgan fingerprint density at radius 1 is 0.952 bits per heavy atom. The summed E-state index contributed by atoms with van der Waals surface area (Å²) >= 11 is 12.1. The van der Waals surface area contributed by atoms with Gasteiger partial charge in [0, 0.05) is 13.0 Å². The van der Waals surface area contributed by atoms with E-state index < -0.39 is 16.1 Å². The molecular weight excluding hydrogens is 589 g/mol. The number of hydrogen-bond donors (Lipinski definition) is 2. The third-order valence-corrected chi connectivity index (χ3v) is 10.4. The van der Waals surface area contributed by atoms with Gasteiger partial charge in [0.15, 0.2) is 0 Å². The highest BCUT2D eigenvalue weighted by Crippen LogP contribution is 2.33. The van der Waals surface area contributed by atoms with Crippen molar-refractivity contribution < 1.29 is 13.2 Å². The van der Waals surface area contributed by atoms with Gasteiger partial charge in [-0.1, -0.05) is 84.7 Å². The summed E-state index contributed by atoms with van der Waals surface area (Å²) in [5.74, 6) is -0.225. The van der Waals surface area contributed by atoms with E-state index in [1.54, 1.807) is 0 Å². The molecule has 1 saturated heterocycles. The van der Waals surface area contributed by atoms with E-state index >= 15 is 0 Å². The number of aryl methyl sites for hydroxylation is 1. The van der Waals surface area contributed by atoms with Crippen LogP contribution in [0.15, 0.2) is 78.2 Å². The summed E-state index contributed by atoms with van der Waals surface area (Å²) in [7, 11) is -3.98. The number of hydrogen-bond acceptors (Lipinski definition) is 4. The number of piperidine rings is 1. The lowest BCUT2D eigenvalue weighted by molar-refractivity contribution is -0.122. The van der Waals surface area contributed by atoms with Crippen molar-refractivity contribution in [3.63, 3.8) is 0 Å². The molecule has 2 aliphatic rings. The molecule has 0 radical (unpaired) electrons. The van der Waals surface area contributed by atoms with Gasteiger partial charge in [-0.15, -0.1) is 0 Å². The van der Waals surface area contributed by atoms with Crippen molar-refractivity contribution in [1.82, 2.24) is 14.9 Å². The van der Waals surface area contributed by atoms with Crippen molar-refractivity contribution in [1.29, 1.82) is 0 Å². The first kappa shape index (κ1) is 30.8. The minimum absolute atomic E-state index is 0.0165. The molecule has 1 aliphatic carbocycles. The fourth-order valence-electron chi connectivity index (χ4n) is 5.91. The largest absolute Gasteiger partial charge is 0.349 e. The molecule has 0 aromatic heterocycles. The Morgan fingerprint density at radius 2 is 1.71 bits per heavy atom. The Bertz CT molecular complexity index is 1540. The number of benzene rings is 3. The van der Waals surface area contributed by atoms with E-state index in [-0.39, 0.29) is 33.3 Å². The number of rotatable bonds is 10. The van der Waals surface area contributed by atoms with Gasteiger partial charge in [0.25, 0.3) is 0 Å². The lowest BCUT2D eigenvalue weighted by atomic mass is 9.85. The number of sulfonamides is 1. The van der Waals surface area contributed by atoms with Crippen molar-refractivity contribution in [3.8, 4) is 0 Å². The topological polar surface area (TPSA) is 78.5 Å². The first-order valence-corrected chi connectivity index (χ1v) is 16.8.